The molecule has 4 nitrogen and oxygen atoms in total. The van der Waals surface area contributed by atoms with Gasteiger partial charge in [0.25, 0.3) is 0 Å². The first-order valence-corrected chi connectivity index (χ1v) is 8.81. The molecular weight excluding hydrogens is 272 g/mol. The van der Waals surface area contributed by atoms with Gasteiger partial charge in [0.1, 0.15) is 0 Å². The molecule has 3 N–H and O–H groups in total. The van der Waals surface area contributed by atoms with E-state index < -0.39 is 15.3 Å². The van der Waals surface area contributed by atoms with E-state index in [0.29, 0.717) is 18.9 Å². The van der Waals surface area contributed by atoms with Gasteiger partial charge in [-0.05, 0) is 36.3 Å². The molecule has 5 heteroatoms. The average Bonchev–Trinajstić information content (AvgIpc) is 2.37. The Hall–Kier alpha value is -0.910. The van der Waals surface area contributed by atoms with Crippen molar-refractivity contribution in [1.82, 2.24) is 5.32 Å². The Morgan fingerprint density at radius 2 is 2.10 bits per heavy atom. The van der Waals surface area contributed by atoms with E-state index in [1.807, 2.05) is 0 Å². The minimum absolute atomic E-state index is 0.236. The molecular formula is C15H24N2O2S. The molecule has 2 rings (SSSR count). The lowest BCUT2D eigenvalue weighted by molar-refractivity contribution is 0.407. The van der Waals surface area contributed by atoms with Crippen LogP contribution in [0.2, 0.25) is 0 Å². The number of rotatable bonds is 4. The Morgan fingerprint density at radius 3 is 2.65 bits per heavy atom. The zero-order valence-corrected chi connectivity index (χ0v) is 13.0. The van der Waals surface area contributed by atoms with Crippen molar-refractivity contribution in [3.63, 3.8) is 0 Å². The van der Waals surface area contributed by atoms with E-state index in [4.69, 9.17) is 5.14 Å². The Bertz CT molecular complexity index is 547. The van der Waals surface area contributed by atoms with Crippen molar-refractivity contribution in [1.29, 1.82) is 0 Å². The molecule has 1 aliphatic heterocycles. The molecule has 1 aromatic rings. The van der Waals surface area contributed by atoms with Crippen LogP contribution in [0.4, 0.5) is 0 Å². The molecule has 2 atom stereocenters. The first-order chi connectivity index (χ1) is 9.36. The molecule has 0 aromatic heterocycles. The van der Waals surface area contributed by atoms with Crippen LogP contribution in [0.25, 0.3) is 0 Å². The number of primary sulfonamides is 1. The summed E-state index contributed by atoms with van der Waals surface area (Å²) in [4.78, 5) is 0. The monoisotopic (exact) mass is 296 g/mol. The Morgan fingerprint density at radius 1 is 1.35 bits per heavy atom. The van der Waals surface area contributed by atoms with Crippen molar-refractivity contribution in [2.45, 2.75) is 44.4 Å². The number of hydrogen-bond donors (Lipinski definition) is 2. The SMILES string of the molecule is CC(C)Cc1cccc(C2CCC(S(N)(=O)=O)CN2)c1. The summed E-state index contributed by atoms with van der Waals surface area (Å²) in [7, 11) is -3.42. The number of piperidine rings is 1. The molecule has 20 heavy (non-hydrogen) atoms. The highest BCUT2D eigenvalue weighted by Gasteiger charge is 2.28. The van der Waals surface area contributed by atoms with E-state index in [0.717, 1.165) is 12.8 Å². The molecule has 2 unspecified atom stereocenters. The predicted octanol–water partition coefficient (Wildman–Crippen LogP) is 1.97. The third-order valence-corrected chi connectivity index (χ3v) is 5.16. The molecule has 112 valence electrons. The fraction of sp³-hybridized carbons (Fsp3) is 0.600. The summed E-state index contributed by atoms with van der Waals surface area (Å²) in [5, 5.41) is 8.07. The van der Waals surface area contributed by atoms with Gasteiger partial charge < -0.3 is 5.32 Å². The number of sulfonamides is 1. The van der Waals surface area contributed by atoms with Gasteiger partial charge in [-0.15, -0.1) is 0 Å². The quantitative estimate of drug-likeness (QED) is 0.892. The van der Waals surface area contributed by atoms with Crippen molar-refractivity contribution in [3.05, 3.63) is 35.4 Å². The average molecular weight is 296 g/mol. The van der Waals surface area contributed by atoms with Crippen molar-refractivity contribution < 1.29 is 8.42 Å². The minimum Gasteiger partial charge on any atom is -0.309 e. The summed E-state index contributed by atoms with van der Waals surface area (Å²) >= 11 is 0. The van der Waals surface area contributed by atoms with Crippen LogP contribution in [-0.2, 0) is 16.4 Å². The molecule has 1 fully saturated rings. The van der Waals surface area contributed by atoms with E-state index in [1.165, 1.54) is 11.1 Å². The van der Waals surface area contributed by atoms with Crippen molar-refractivity contribution in [2.24, 2.45) is 11.1 Å². The number of benzene rings is 1. The van der Waals surface area contributed by atoms with Gasteiger partial charge in [0, 0.05) is 12.6 Å². The van der Waals surface area contributed by atoms with E-state index >= 15 is 0 Å². The highest BCUT2D eigenvalue weighted by atomic mass is 32.2. The zero-order valence-electron chi connectivity index (χ0n) is 12.2. The van der Waals surface area contributed by atoms with E-state index in [2.05, 4.69) is 43.4 Å². The molecule has 0 bridgehead atoms. The largest absolute Gasteiger partial charge is 0.309 e. The van der Waals surface area contributed by atoms with Crippen molar-refractivity contribution >= 4 is 10.0 Å². The topological polar surface area (TPSA) is 72.2 Å². The van der Waals surface area contributed by atoms with E-state index in [9.17, 15) is 8.42 Å². The Balaban J connectivity index is 2.03. The molecule has 1 heterocycles. The summed E-state index contributed by atoms with van der Waals surface area (Å²) in [6.45, 7) is 4.86. The minimum atomic E-state index is -3.42. The van der Waals surface area contributed by atoms with Crippen LogP contribution in [-0.4, -0.2) is 20.2 Å². The summed E-state index contributed by atoms with van der Waals surface area (Å²) in [5.74, 6) is 0.635. The molecule has 1 saturated heterocycles. The van der Waals surface area contributed by atoms with Crippen molar-refractivity contribution in [2.75, 3.05) is 6.54 Å². The maximum atomic E-state index is 11.3. The van der Waals surface area contributed by atoms with Crippen LogP contribution in [0.1, 0.15) is 43.9 Å². The highest BCUT2D eigenvalue weighted by molar-refractivity contribution is 7.89. The number of nitrogens with one attached hydrogen (secondary N) is 1. The lowest BCUT2D eigenvalue weighted by atomic mass is 9.94. The second-order valence-electron chi connectivity index (χ2n) is 6.09. The van der Waals surface area contributed by atoms with Gasteiger partial charge in [-0.3, -0.25) is 0 Å². The number of nitrogens with two attached hydrogens (primary N) is 1. The van der Waals surface area contributed by atoms with Gasteiger partial charge in [0.2, 0.25) is 10.0 Å². The van der Waals surface area contributed by atoms with Gasteiger partial charge in [0.15, 0.2) is 0 Å². The van der Waals surface area contributed by atoms with Gasteiger partial charge >= 0.3 is 0 Å². The van der Waals surface area contributed by atoms with Crippen LogP contribution in [0.15, 0.2) is 24.3 Å². The maximum Gasteiger partial charge on any atom is 0.213 e. The highest BCUT2D eigenvalue weighted by Crippen LogP contribution is 2.26. The molecule has 0 spiro atoms. The standard InChI is InChI=1S/C15H24N2O2S/c1-11(2)8-12-4-3-5-13(9-12)15-7-6-14(10-17-15)20(16,18)19/h3-5,9,11,14-15,17H,6-8,10H2,1-2H3,(H2,16,18,19). The number of hydrogen-bond acceptors (Lipinski definition) is 3. The smallest absolute Gasteiger partial charge is 0.213 e. The molecule has 1 aromatic carbocycles. The van der Waals surface area contributed by atoms with Crippen LogP contribution in [0.5, 0.6) is 0 Å². The van der Waals surface area contributed by atoms with E-state index in [-0.39, 0.29) is 6.04 Å². The normalized spacial score (nSPS) is 24.0. The second-order valence-corrected chi connectivity index (χ2v) is 7.94. The second kappa shape index (κ2) is 6.24. The summed E-state index contributed by atoms with van der Waals surface area (Å²) in [6.07, 6.45) is 2.51. The summed E-state index contributed by atoms with van der Waals surface area (Å²) < 4.78 is 22.7. The van der Waals surface area contributed by atoms with Crippen LogP contribution in [0, 0.1) is 5.92 Å². The van der Waals surface area contributed by atoms with E-state index in [1.54, 1.807) is 0 Å². The molecule has 0 radical (unpaired) electrons. The van der Waals surface area contributed by atoms with Gasteiger partial charge in [-0.25, -0.2) is 13.6 Å². The molecule has 0 saturated carbocycles. The van der Waals surface area contributed by atoms with Crippen molar-refractivity contribution in [3.8, 4) is 0 Å². The lowest BCUT2D eigenvalue weighted by Crippen LogP contribution is -2.43. The maximum absolute atomic E-state index is 11.3. The van der Waals surface area contributed by atoms with Gasteiger partial charge in [-0.2, -0.15) is 0 Å². The van der Waals surface area contributed by atoms with Crippen LogP contribution >= 0.6 is 0 Å². The van der Waals surface area contributed by atoms with Gasteiger partial charge in [0.05, 0.1) is 5.25 Å². The van der Waals surface area contributed by atoms with Crippen LogP contribution < -0.4 is 10.5 Å². The Kier molecular flexibility index (Phi) is 4.83. The zero-order chi connectivity index (χ0) is 14.8. The third-order valence-electron chi connectivity index (χ3n) is 3.83. The molecule has 0 amide bonds. The van der Waals surface area contributed by atoms with Gasteiger partial charge in [-0.1, -0.05) is 38.1 Å². The fourth-order valence-electron chi connectivity index (χ4n) is 2.80. The summed E-state index contributed by atoms with van der Waals surface area (Å²) in [5.41, 5.74) is 2.59. The Labute approximate surface area is 121 Å². The summed E-state index contributed by atoms with van der Waals surface area (Å²) in [6, 6.07) is 8.81. The fourth-order valence-corrected chi connectivity index (χ4v) is 3.60. The molecule has 0 aliphatic carbocycles. The predicted molar refractivity (Wildman–Crippen MR) is 81.9 cm³/mol. The lowest BCUT2D eigenvalue weighted by Gasteiger charge is -2.29. The van der Waals surface area contributed by atoms with Crippen LogP contribution in [0.3, 0.4) is 0 Å². The third kappa shape index (κ3) is 4.04. The first kappa shape index (κ1) is 15.5. The first-order valence-electron chi connectivity index (χ1n) is 7.20. The molecule has 1 aliphatic rings.